The maximum atomic E-state index is 12.2. The molecule has 4 heteroatoms. The van der Waals surface area contributed by atoms with Gasteiger partial charge >= 0.3 is 0 Å². The highest BCUT2D eigenvalue weighted by atomic mass is 16.1. The van der Waals surface area contributed by atoms with E-state index in [1.54, 1.807) is 6.08 Å². The van der Waals surface area contributed by atoms with Crippen molar-refractivity contribution in [2.45, 2.75) is 6.42 Å². The molecule has 1 heterocycles. The van der Waals surface area contributed by atoms with Crippen LogP contribution in [0.2, 0.25) is 0 Å². The molecule has 0 radical (unpaired) electrons. The predicted octanol–water partition coefficient (Wildman–Crippen LogP) is 1.84. The first-order valence-corrected chi connectivity index (χ1v) is 6.76. The molecular formula is C16H19N3O. The number of benzene rings is 1. The zero-order valence-corrected chi connectivity index (χ0v) is 11.9. The van der Waals surface area contributed by atoms with Gasteiger partial charge in [-0.25, -0.2) is 0 Å². The van der Waals surface area contributed by atoms with Crippen molar-refractivity contribution >= 4 is 17.5 Å². The second kappa shape index (κ2) is 6.36. The number of nitrogens with one attached hydrogen (secondary N) is 1. The van der Waals surface area contributed by atoms with Crippen molar-refractivity contribution in [3.8, 4) is 6.07 Å². The molecule has 4 nitrogen and oxygen atoms in total. The molecule has 1 N–H and O–H groups in total. The number of Topliss-reactive ketones (excluding diaryl/α,β-unsaturated/α-hetero) is 1. The van der Waals surface area contributed by atoms with Gasteiger partial charge in [-0.1, -0.05) is 12.1 Å². The minimum absolute atomic E-state index is 0.0470. The lowest BCUT2D eigenvalue weighted by Gasteiger charge is -2.12. The van der Waals surface area contributed by atoms with Crippen LogP contribution in [-0.4, -0.2) is 33.0 Å². The topological polar surface area (TPSA) is 56.1 Å². The number of allylic oxidation sites excluding steroid dienone is 1. The van der Waals surface area contributed by atoms with Crippen LogP contribution in [0.15, 0.2) is 29.8 Å². The molecule has 0 bridgehead atoms. The minimum Gasteiger partial charge on any atom is -0.378 e. The lowest BCUT2D eigenvalue weighted by atomic mass is 9.96. The highest BCUT2D eigenvalue weighted by molar-refractivity contribution is 6.04. The molecule has 1 saturated heterocycles. The number of carbonyl (C=O) groups is 1. The van der Waals surface area contributed by atoms with Gasteiger partial charge in [0.2, 0.25) is 0 Å². The molecule has 1 aromatic rings. The summed E-state index contributed by atoms with van der Waals surface area (Å²) in [5.41, 5.74) is 2.22. The lowest BCUT2D eigenvalue weighted by molar-refractivity contribution is -0.118. The Bertz CT molecular complexity index is 546. The largest absolute Gasteiger partial charge is 0.378 e. The summed E-state index contributed by atoms with van der Waals surface area (Å²) in [5.74, 6) is -0.101. The van der Waals surface area contributed by atoms with Crippen LogP contribution < -0.4 is 10.2 Å². The molecule has 2 rings (SSSR count). The molecule has 0 spiro atoms. The van der Waals surface area contributed by atoms with Crippen molar-refractivity contribution in [1.29, 1.82) is 5.26 Å². The quantitative estimate of drug-likeness (QED) is 0.669. The van der Waals surface area contributed by atoms with E-state index in [1.165, 1.54) is 0 Å². The Morgan fingerprint density at radius 2 is 2.10 bits per heavy atom. The van der Waals surface area contributed by atoms with E-state index in [-0.39, 0.29) is 17.3 Å². The van der Waals surface area contributed by atoms with Gasteiger partial charge < -0.3 is 10.2 Å². The minimum atomic E-state index is -0.0538. The van der Waals surface area contributed by atoms with Gasteiger partial charge in [-0.05, 0) is 36.7 Å². The van der Waals surface area contributed by atoms with Crippen LogP contribution in [0.25, 0.3) is 6.08 Å². The summed E-state index contributed by atoms with van der Waals surface area (Å²) >= 11 is 0. The third-order valence-corrected chi connectivity index (χ3v) is 3.54. The Morgan fingerprint density at radius 1 is 1.40 bits per heavy atom. The van der Waals surface area contributed by atoms with E-state index in [1.807, 2.05) is 49.3 Å². The number of hydrogen-bond donors (Lipinski definition) is 1. The average Bonchev–Trinajstić information content (AvgIpc) is 2.98. The molecule has 1 atom stereocenters. The van der Waals surface area contributed by atoms with Crippen LogP contribution in [0.5, 0.6) is 0 Å². The van der Waals surface area contributed by atoms with Crippen LogP contribution in [0.4, 0.5) is 5.69 Å². The summed E-state index contributed by atoms with van der Waals surface area (Å²) < 4.78 is 0. The van der Waals surface area contributed by atoms with Gasteiger partial charge in [-0.15, -0.1) is 0 Å². The first-order valence-electron chi connectivity index (χ1n) is 6.76. The molecule has 0 saturated carbocycles. The van der Waals surface area contributed by atoms with Gasteiger partial charge in [0.05, 0.1) is 5.57 Å². The van der Waals surface area contributed by atoms with Gasteiger partial charge in [-0.2, -0.15) is 5.26 Å². The third kappa shape index (κ3) is 3.25. The van der Waals surface area contributed by atoms with E-state index < -0.39 is 0 Å². The van der Waals surface area contributed by atoms with Crippen molar-refractivity contribution < 1.29 is 4.79 Å². The normalized spacial score (nSPS) is 18.6. The van der Waals surface area contributed by atoms with Crippen molar-refractivity contribution in [3.63, 3.8) is 0 Å². The van der Waals surface area contributed by atoms with Crippen molar-refractivity contribution in [1.82, 2.24) is 5.32 Å². The number of nitriles is 1. The Kier molecular flexibility index (Phi) is 4.54. The van der Waals surface area contributed by atoms with Crippen molar-refractivity contribution in [2.75, 3.05) is 32.1 Å². The van der Waals surface area contributed by atoms with Crippen molar-refractivity contribution in [3.05, 3.63) is 35.4 Å². The summed E-state index contributed by atoms with van der Waals surface area (Å²) in [6.45, 7) is 1.53. The van der Waals surface area contributed by atoms with Crippen LogP contribution >= 0.6 is 0 Å². The molecule has 1 aromatic carbocycles. The van der Waals surface area contributed by atoms with Crippen LogP contribution in [0.1, 0.15) is 12.0 Å². The van der Waals surface area contributed by atoms with E-state index in [0.29, 0.717) is 6.54 Å². The van der Waals surface area contributed by atoms with E-state index in [2.05, 4.69) is 5.32 Å². The fourth-order valence-corrected chi connectivity index (χ4v) is 2.29. The fraction of sp³-hybridized carbons (Fsp3) is 0.375. The lowest BCUT2D eigenvalue weighted by Crippen LogP contribution is -2.18. The molecule has 1 aliphatic rings. The zero-order chi connectivity index (χ0) is 14.5. The first-order chi connectivity index (χ1) is 9.61. The van der Waals surface area contributed by atoms with Crippen molar-refractivity contribution in [2.24, 2.45) is 5.92 Å². The maximum absolute atomic E-state index is 12.2. The highest BCUT2D eigenvalue weighted by Crippen LogP contribution is 2.18. The first kappa shape index (κ1) is 14.3. The molecule has 1 fully saturated rings. The summed E-state index contributed by atoms with van der Waals surface area (Å²) in [4.78, 5) is 14.2. The Labute approximate surface area is 119 Å². The molecule has 0 amide bonds. The zero-order valence-electron chi connectivity index (χ0n) is 11.9. The number of ketones is 1. The van der Waals surface area contributed by atoms with Crippen LogP contribution in [0, 0.1) is 17.2 Å². The molecule has 0 aliphatic carbocycles. The molecular weight excluding hydrogens is 250 g/mol. The van der Waals surface area contributed by atoms with Gasteiger partial charge in [0.25, 0.3) is 0 Å². The second-order valence-corrected chi connectivity index (χ2v) is 5.21. The number of carbonyl (C=O) groups excluding carboxylic acids is 1. The Morgan fingerprint density at radius 3 is 2.60 bits per heavy atom. The molecule has 104 valence electrons. The Balaban J connectivity index is 2.18. The smallest absolute Gasteiger partial charge is 0.177 e. The number of rotatable bonds is 4. The van der Waals surface area contributed by atoms with E-state index in [4.69, 9.17) is 0 Å². The number of hydrogen-bond acceptors (Lipinski definition) is 4. The summed E-state index contributed by atoms with van der Waals surface area (Å²) in [6.07, 6.45) is 2.50. The average molecular weight is 269 g/mol. The number of nitrogens with zero attached hydrogens (tertiary/aromatic N) is 2. The third-order valence-electron chi connectivity index (χ3n) is 3.54. The van der Waals surface area contributed by atoms with E-state index >= 15 is 0 Å². The standard InChI is InChI=1S/C16H19N3O/c1-19(2)15-5-3-12(4-6-15)9-14(10-17)16(20)13-7-8-18-11-13/h3-6,9,13,18H,7-8,11H2,1-2H3. The van der Waals surface area contributed by atoms with E-state index in [0.717, 1.165) is 24.2 Å². The molecule has 1 unspecified atom stereocenters. The molecule has 1 aliphatic heterocycles. The predicted molar refractivity (Wildman–Crippen MR) is 80.3 cm³/mol. The summed E-state index contributed by atoms with van der Waals surface area (Å²) in [5, 5.41) is 12.3. The van der Waals surface area contributed by atoms with Gasteiger partial charge in [0.1, 0.15) is 6.07 Å². The van der Waals surface area contributed by atoms with Gasteiger partial charge in [0.15, 0.2) is 5.78 Å². The van der Waals surface area contributed by atoms with E-state index in [9.17, 15) is 10.1 Å². The highest BCUT2D eigenvalue weighted by Gasteiger charge is 2.25. The van der Waals surface area contributed by atoms with Crippen LogP contribution in [0.3, 0.4) is 0 Å². The molecule has 20 heavy (non-hydrogen) atoms. The van der Waals surface area contributed by atoms with Gasteiger partial charge in [0, 0.05) is 32.2 Å². The summed E-state index contributed by atoms with van der Waals surface area (Å²) in [7, 11) is 3.95. The van der Waals surface area contributed by atoms with Crippen LogP contribution in [-0.2, 0) is 4.79 Å². The maximum Gasteiger partial charge on any atom is 0.177 e. The number of anilines is 1. The Hall–Kier alpha value is -2.12. The monoisotopic (exact) mass is 269 g/mol. The fourth-order valence-electron chi connectivity index (χ4n) is 2.29. The summed E-state index contributed by atoms with van der Waals surface area (Å²) in [6, 6.07) is 9.83. The molecule has 0 aromatic heterocycles. The van der Waals surface area contributed by atoms with Gasteiger partial charge in [-0.3, -0.25) is 4.79 Å². The second-order valence-electron chi connectivity index (χ2n) is 5.21. The SMILES string of the molecule is CN(C)c1ccc(C=C(C#N)C(=O)C2CCNC2)cc1.